The number of hydrogen-bond acceptors (Lipinski definition) is 2. The fourth-order valence-electron chi connectivity index (χ4n) is 3.26. The average molecular weight is 296 g/mol. The van der Waals surface area contributed by atoms with Gasteiger partial charge in [0.05, 0.1) is 5.52 Å². The van der Waals surface area contributed by atoms with Crippen LogP contribution in [0.5, 0.6) is 0 Å². The maximum Gasteiger partial charge on any atom is 0.272 e. The standard InChI is InChI=1S/C19H24N2O/c1-2-3-6-15-11-13-21(14-12-15)19(22)18-10-9-16-7-4-5-8-17(16)20-18/h4-5,7-10,15H,2-3,6,11-14H2,1H3. The Morgan fingerprint density at radius 2 is 1.95 bits per heavy atom. The largest absolute Gasteiger partial charge is 0.337 e. The molecular formula is C19H24N2O. The number of carbonyl (C=O) groups is 1. The molecule has 1 amide bonds. The van der Waals surface area contributed by atoms with Gasteiger partial charge in [0, 0.05) is 18.5 Å². The van der Waals surface area contributed by atoms with Crippen molar-refractivity contribution in [3.05, 3.63) is 42.1 Å². The Kier molecular flexibility index (Phi) is 4.71. The number of aromatic nitrogens is 1. The second-order valence-electron chi connectivity index (χ2n) is 6.27. The molecule has 2 heterocycles. The number of para-hydroxylation sites is 1. The molecule has 1 aliphatic rings. The van der Waals surface area contributed by atoms with Crippen LogP contribution >= 0.6 is 0 Å². The van der Waals surface area contributed by atoms with Gasteiger partial charge in [-0.15, -0.1) is 0 Å². The van der Waals surface area contributed by atoms with Gasteiger partial charge in [0.1, 0.15) is 5.69 Å². The Morgan fingerprint density at radius 1 is 1.18 bits per heavy atom. The van der Waals surface area contributed by atoms with Gasteiger partial charge in [-0.2, -0.15) is 0 Å². The summed E-state index contributed by atoms with van der Waals surface area (Å²) in [7, 11) is 0. The molecule has 0 N–H and O–H groups in total. The Morgan fingerprint density at radius 3 is 2.73 bits per heavy atom. The van der Waals surface area contributed by atoms with Crippen molar-refractivity contribution in [3.8, 4) is 0 Å². The average Bonchev–Trinajstić information content (AvgIpc) is 2.59. The van der Waals surface area contributed by atoms with E-state index < -0.39 is 0 Å². The van der Waals surface area contributed by atoms with Crippen molar-refractivity contribution >= 4 is 16.8 Å². The number of amides is 1. The van der Waals surface area contributed by atoms with Crippen LogP contribution in [0.4, 0.5) is 0 Å². The number of nitrogens with zero attached hydrogens (tertiary/aromatic N) is 2. The van der Waals surface area contributed by atoms with Gasteiger partial charge in [-0.25, -0.2) is 4.98 Å². The van der Waals surface area contributed by atoms with Gasteiger partial charge in [-0.1, -0.05) is 50.5 Å². The van der Waals surface area contributed by atoms with Gasteiger partial charge in [0.2, 0.25) is 0 Å². The summed E-state index contributed by atoms with van der Waals surface area (Å²) in [6.45, 7) is 3.99. The van der Waals surface area contributed by atoms with E-state index in [9.17, 15) is 4.79 Å². The van der Waals surface area contributed by atoms with Crippen molar-refractivity contribution < 1.29 is 4.79 Å². The van der Waals surface area contributed by atoms with E-state index in [1.165, 1.54) is 19.3 Å². The molecule has 1 fully saturated rings. The molecule has 0 spiro atoms. The minimum Gasteiger partial charge on any atom is -0.337 e. The number of hydrogen-bond donors (Lipinski definition) is 0. The first kappa shape index (κ1) is 15.0. The zero-order chi connectivity index (χ0) is 15.4. The SMILES string of the molecule is CCCCC1CCN(C(=O)c2ccc3ccccc3n2)CC1. The van der Waals surface area contributed by atoms with E-state index in [2.05, 4.69) is 11.9 Å². The van der Waals surface area contributed by atoms with E-state index in [0.29, 0.717) is 5.69 Å². The van der Waals surface area contributed by atoms with Gasteiger partial charge in [-0.3, -0.25) is 4.79 Å². The predicted molar refractivity (Wildman–Crippen MR) is 89.9 cm³/mol. The van der Waals surface area contributed by atoms with Crippen LogP contribution in [0.2, 0.25) is 0 Å². The van der Waals surface area contributed by atoms with E-state index in [0.717, 1.165) is 42.8 Å². The van der Waals surface area contributed by atoms with Crippen LogP contribution in [0.1, 0.15) is 49.5 Å². The summed E-state index contributed by atoms with van der Waals surface area (Å²) in [5, 5.41) is 1.08. The molecule has 3 rings (SSSR count). The van der Waals surface area contributed by atoms with Crippen molar-refractivity contribution in [1.82, 2.24) is 9.88 Å². The van der Waals surface area contributed by atoms with E-state index in [-0.39, 0.29) is 5.91 Å². The molecule has 2 aromatic rings. The molecule has 0 radical (unpaired) electrons. The van der Waals surface area contributed by atoms with E-state index in [1.807, 2.05) is 41.3 Å². The molecule has 0 aliphatic carbocycles. The quantitative estimate of drug-likeness (QED) is 0.844. The number of unbranched alkanes of at least 4 members (excludes halogenated alkanes) is 1. The van der Waals surface area contributed by atoms with Gasteiger partial charge in [0.15, 0.2) is 0 Å². The van der Waals surface area contributed by atoms with Crippen LogP contribution in [0.25, 0.3) is 10.9 Å². The summed E-state index contributed by atoms with van der Waals surface area (Å²) in [6, 6.07) is 11.8. The number of benzene rings is 1. The molecule has 116 valence electrons. The maximum absolute atomic E-state index is 12.6. The summed E-state index contributed by atoms with van der Waals surface area (Å²) < 4.78 is 0. The fraction of sp³-hybridized carbons (Fsp3) is 0.474. The minimum atomic E-state index is 0.0831. The Hall–Kier alpha value is -1.90. The first-order chi connectivity index (χ1) is 10.8. The maximum atomic E-state index is 12.6. The molecule has 0 saturated carbocycles. The third-order valence-electron chi connectivity index (χ3n) is 4.69. The second kappa shape index (κ2) is 6.91. The fourth-order valence-corrected chi connectivity index (χ4v) is 3.26. The van der Waals surface area contributed by atoms with Gasteiger partial charge in [-0.05, 0) is 30.9 Å². The number of pyridine rings is 1. The third kappa shape index (κ3) is 3.29. The lowest BCUT2D eigenvalue weighted by atomic mass is 9.91. The summed E-state index contributed by atoms with van der Waals surface area (Å²) in [5.74, 6) is 0.883. The first-order valence-corrected chi connectivity index (χ1v) is 8.43. The van der Waals surface area contributed by atoms with Crippen LogP contribution in [0, 0.1) is 5.92 Å². The number of fused-ring (bicyclic) bond motifs is 1. The Balaban J connectivity index is 1.66. The van der Waals surface area contributed by atoms with Crippen molar-refractivity contribution in [3.63, 3.8) is 0 Å². The highest BCUT2D eigenvalue weighted by molar-refractivity contribution is 5.94. The zero-order valence-electron chi connectivity index (χ0n) is 13.3. The lowest BCUT2D eigenvalue weighted by Gasteiger charge is -2.31. The lowest BCUT2D eigenvalue weighted by molar-refractivity contribution is 0.0680. The first-order valence-electron chi connectivity index (χ1n) is 8.43. The third-order valence-corrected chi connectivity index (χ3v) is 4.69. The summed E-state index contributed by atoms with van der Waals surface area (Å²) in [5.41, 5.74) is 1.47. The van der Waals surface area contributed by atoms with Crippen molar-refractivity contribution in [2.45, 2.75) is 39.0 Å². The van der Waals surface area contributed by atoms with Gasteiger partial charge in [0.25, 0.3) is 5.91 Å². The number of carbonyl (C=O) groups excluding carboxylic acids is 1. The Labute approximate surface area is 132 Å². The van der Waals surface area contributed by atoms with E-state index in [4.69, 9.17) is 0 Å². The van der Waals surface area contributed by atoms with Crippen LogP contribution in [-0.2, 0) is 0 Å². The predicted octanol–water partition coefficient (Wildman–Crippen LogP) is 4.28. The highest BCUT2D eigenvalue weighted by atomic mass is 16.2. The summed E-state index contributed by atoms with van der Waals surface area (Å²) in [4.78, 5) is 19.1. The molecule has 22 heavy (non-hydrogen) atoms. The zero-order valence-corrected chi connectivity index (χ0v) is 13.3. The normalized spacial score (nSPS) is 16.1. The molecule has 0 atom stereocenters. The molecule has 3 nitrogen and oxygen atoms in total. The topological polar surface area (TPSA) is 33.2 Å². The van der Waals surface area contributed by atoms with Crippen LogP contribution in [0.3, 0.4) is 0 Å². The molecule has 0 unspecified atom stereocenters. The molecular weight excluding hydrogens is 272 g/mol. The van der Waals surface area contributed by atoms with Crippen molar-refractivity contribution in [1.29, 1.82) is 0 Å². The highest BCUT2D eigenvalue weighted by Crippen LogP contribution is 2.23. The molecule has 1 aliphatic heterocycles. The number of likely N-dealkylation sites (tertiary alicyclic amines) is 1. The highest BCUT2D eigenvalue weighted by Gasteiger charge is 2.24. The molecule has 1 aromatic heterocycles. The van der Waals surface area contributed by atoms with E-state index in [1.54, 1.807) is 0 Å². The molecule has 3 heteroatoms. The van der Waals surface area contributed by atoms with Crippen LogP contribution < -0.4 is 0 Å². The van der Waals surface area contributed by atoms with Crippen molar-refractivity contribution in [2.24, 2.45) is 5.92 Å². The monoisotopic (exact) mass is 296 g/mol. The number of rotatable bonds is 4. The summed E-state index contributed by atoms with van der Waals surface area (Å²) >= 11 is 0. The lowest BCUT2D eigenvalue weighted by Crippen LogP contribution is -2.38. The van der Waals surface area contributed by atoms with Crippen molar-refractivity contribution in [2.75, 3.05) is 13.1 Å². The smallest absolute Gasteiger partial charge is 0.272 e. The van der Waals surface area contributed by atoms with Crippen LogP contribution in [-0.4, -0.2) is 28.9 Å². The molecule has 0 bridgehead atoms. The van der Waals surface area contributed by atoms with Crippen LogP contribution in [0.15, 0.2) is 36.4 Å². The Bertz CT molecular complexity index is 645. The second-order valence-corrected chi connectivity index (χ2v) is 6.27. The summed E-state index contributed by atoms with van der Waals surface area (Å²) in [6.07, 6.45) is 6.16. The molecule has 1 aromatic carbocycles. The minimum absolute atomic E-state index is 0.0831. The number of piperidine rings is 1. The van der Waals surface area contributed by atoms with Gasteiger partial charge < -0.3 is 4.90 Å². The van der Waals surface area contributed by atoms with Gasteiger partial charge >= 0.3 is 0 Å². The van der Waals surface area contributed by atoms with E-state index >= 15 is 0 Å². The molecule has 1 saturated heterocycles.